The number of amides is 2. The van der Waals surface area contributed by atoms with Gasteiger partial charge in [-0.15, -0.1) is 0 Å². The van der Waals surface area contributed by atoms with Crippen LogP contribution in [0.15, 0.2) is 40.9 Å². The second kappa shape index (κ2) is 8.86. The maximum absolute atomic E-state index is 12.7. The molecule has 0 aliphatic carbocycles. The second-order valence-electron chi connectivity index (χ2n) is 7.57. The quantitative estimate of drug-likeness (QED) is 0.769. The van der Waals surface area contributed by atoms with Gasteiger partial charge in [-0.05, 0) is 44.0 Å². The van der Waals surface area contributed by atoms with Crippen molar-refractivity contribution in [2.24, 2.45) is 5.92 Å². The molecule has 28 heavy (non-hydrogen) atoms. The zero-order valence-electron chi connectivity index (χ0n) is 16.5. The van der Waals surface area contributed by atoms with Crippen LogP contribution < -0.4 is 5.32 Å². The van der Waals surface area contributed by atoms with Gasteiger partial charge in [-0.3, -0.25) is 14.6 Å². The maximum atomic E-state index is 12.7. The third-order valence-corrected chi connectivity index (χ3v) is 5.58. The maximum Gasteiger partial charge on any atom is 0.253 e. The van der Waals surface area contributed by atoms with Crippen LogP contribution in [0.4, 0.5) is 0 Å². The molecule has 1 aromatic carbocycles. The Labute approximate surface area is 174 Å². The second-order valence-corrected chi connectivity index (χ2v) is 8.48. The van der Waals surface area contributed by atoms with Crippen LogP contribution >= 0.6 is 15.9 Å². The third kappa shape index (κ3) is 4.79. The van der Waals surface area contributed by atoms with Crippen molar-refractivity contribution in [1.82, 2.24) is 15.2 Å². The molecule has 1 aromatic heterocycles. The number of carbonyl (C=O) groups excluding carboxylic acids is 2. The molecule has 3 rings (SSSR count). The average molecular weight is 444 g/mol. The van der Waals surface area contributed by atoms with E-state index < -0.39 is 0 Å². The molecular weight excluding hydrogens is 418 g/mol. The Morgan fingerprint density at radius 1 is 1.18 bits per heavy atom. The Balaban J connectivity index is 1.63. The van der Waals surface area contributed by atoms with Crippen molar-refractivity contribution in [2.45, 2.75) is 39.7 Å². The van der Waals surface area contributed by atoms with E-state index in [1.54, 1.807) is 0 Å². The van der Waals surface area contributed by atoms with E-state index >= 15 is 0 Å². The Bertz CT molecular complexity index is 874. The summed E-state index contributed by atoms with van der Waals surface area (Å²) >= 11 is 3.48. The molecular formula is C22H26BrN3O2. The largest absolute Gasteiger partial charge is 0.349 e. The van der Waals surface area contributed by atoms with Crippen molar-refractivity contribution in [1.29, 1.82) is 0 Å². The fraction of sp³-hybridized carbons (Fsp3) is 0.409. The average Bonchev–Trinajstić information content (AvgIpc) is 2.67. The Morgan fingerprint density at radius 2 is 1.89 bits per heavy atom. The van der Waals surface area contributed by atoms with E-state index in [1.165, 1.54) is 0 Å². The zero-order chi connectivity index (χ0) is 20.3. The molecule has 0 bridgehead atoms. The number of piperidine rings is 1. The Morgan fingerprint density at radius 3 is 2.50 bits per heavy atom. The number of nitrogens with one attached hydrogen (secondary N) is 1. The van der Waals surface area contributed by atoms with E-state index in [4.69, 9.17) is 0 Å². The lowest BCUT2D eigenvalue weighted by molar-refractivity contribution is -0.135. The van der Waals surface area contributed by atoms with Crippen molar-refractivity contribution in [2.75, 3.05) is 13.1 Å². The molecule has 2 heterocycles. The molecule has 2 amide bonds. The highest BCUT2D eigenvalue weighted by atomic mass is 79.9. The van der Waals surface area contributed by atoms with Gasteiger partial charge in [-0.25, -0.2) is 0 Å². The predicted molar refractivity (Wildman–Crippen MR) is 114 cm³/mol. The van der Waals surface area contributed by atoms with Crippen LogP contribution in [0, 0.1) is 12.8 Å². The highest BCUT2D eigenvalue weighted by Gasteiger charge is 2.25. The van der Waals surface area contributed by atoms with E-state index in [-0.39, 0.29) is 23.8 Å². The zero-order valence-corrected chi connectivity index (χ0v) is 18.1. The molecule has 1 fully saturated rings. The van der Waals surface area contributed by atoms with E-state index in [9.17, 15) is 9.59 Å². The van der Waals surface area contributed by atoms with Crippen LogP contribution in [0.2, 0.25) is 0 Å². The number of nitrogens with zero attached hydrogens (tertiary/aromatic N) is 2. The summed E-state index contributed by atoms with van der Waals surface area (Å²) in [5, 5.41) is 3.11. The summed E-state index contributed by atoms with van der Waals surface area (Å²) in [5.41, 5.74) is 3.16. The van der Waals surface area contributed by atoms with Gasteiger partial charge in [0.05, 0.1) is 17.0 Å². The van der Waals surface area contributed by atoms with Gasteiger partial charge in [0.15, 0.2) is 0 Å². The van der Waals surface area contributed by atoms with E-state index in [0.29, 0.717) is 24.3 Å². The molecule has 1 N–H and O–H groups in total. The summed E-state index contributed by atoms with van der Waals surface area (Å²) in [4.78, 5) is 31.3. The summed E-state index contributed by atoms with van der Waals surface area (Å²) < 4.78 is 0.994. The van der Waals surface area contributed by atoms with Gasteiger partial charge in [0.2, 0.25) is 5.91 Å². The third-order valence-electron chi connectivity index (χ3n) is 5.09. The lowest BCUT2D eigenvalue weighted by Crippen LogP contribution is -2.47. The van der Waals surface area contributed by atoms with Crippen molar-refractivity contribution < 1.29 is 9.59 Å². The fourth-order valence-electron chi connectivity index (χ4n) is 3.48. The fourth-order valence-corrected chi connectivity index (χ4v) is 3.88. The monoisotopic (exact) mass is 443 g/mol. The summed E-state index contributed by atoms with van der Waals surface area (Å²) in [6.07, 6.45) is 1.57. The van der Waals surface area contributed by atoms with Crippen molar-refractivity contribution in [3.05, 3.63) is 52.1 Å². The van der Waals surface area contributed by atoms with Crippen LogP contribution in [-0.4, -0.2) is 40.8 Å². The van der Waals surface area contributed by atoms with Crippen LogP contribution in [0.3, 0.4) is 0 Å². The van der Waals surface area contributed by atoms with Crippen LogP contribution in [0.1, 0.15) is 42.7 Å². The first-order valence-electron chi connectivity index (χ1n) is 9.68. The molecule has 0 unspecified atom stereocenters. The van der Waals surface area contributed by atoms with Gasteiger partial charge in [0, 0.05) is 35.1 Å². The number of halogens is 1. The number of hydrogen-bond donors (Lipinski definition) is 1. The van der Waals surface area contributed by atoms with E-state index in [2.05, 4.69) is 26.2 Å². The van der Waals surface area contributed by atoms with Gasteiger partial charge in [0.1, 0.15) is 0 Å². The van der Waals surface area contributed by atoms with Crippen LogP contribution in [-0.2, 0) is 4.79 Å². The minimum absolute atomic E-state index is 0.0172. The number of hydrogen-bond acceptors (Lipinski definition) is 3. The SMILES string of the molecule is Cc1nc(-c2cccc(Br)c2)ccc1C(=O)NC1CCN(C(=O)C(C)C)CC1. The lowest BCUT2D eigenvalue weighted by Gasteiger charge is -2.33. The Kier molecular flexibility index (Phi) is 6.50. The molecule has 6 heteroatoms. The van der Waals surface area contributed by atoms with Crippen molar-refractivity contribution >= 4 is 27.7 Å². The predicted octanol–water partition coefficient (Wildman–Crippen LogP) is 4.20. The molecule has 148 valence electrons. The van der Waals surface area contributed by atoms with Crippen molar-refractivity contribution in [3.8, 4) is 11.3 Å². The molecule has 1 saturated heterocycles. The number of pyridine rings is 1. The molecule has 0 radical (unpaired) electrons. The molecule has 1 aliphatic heterocycles. The van der Waals surface area contributed by atoms with Crippen LogP contribution in [0.5, 0.6) is 0 Å². The molecule has 5 nitrogen and oxygen atoms in total. The summed E-state index contributed by atoms with van der Waals surface area (Å²) in [6.45, 7) is 7.09. The smallest absolute Gasteiger partial charge is 0.253 e. The minimum atomic E-state index is -0.0978. The van der Waals surface area contributed by atoms with Crippen molar-refractivity contribution in [3.63, 3.8) is 0 Å². The normalized spacial score (nSPS) is 15.0. The molecule has 0 atom stereocenters. The molecule has 0 saturated carbocycles. The highest BCUT2D eigenvalue weighted by Crippen LogP contribution is 2.23. The summed E-state index contributed by atoms with van der Waals surface area (Å²) in [5.74, 6) is 0.107. The minimum Gasteiger partial charge on any atom is -0.349 e. The summed E-state index contributed by atoms with van der Waals surface area (Å²) in [7, 11) is 0. The van der Waals surface area contributed by atoms with Gasteiger partial charge >= 0.3 is 0 Å². The number of rotatable bonds is 4. The van der Waals surface area contributed by atoms with Crippen LogP contribution in [0.25, 0.3) is 11.3 Å². The molecule has 1 aliphatic rings. The van der Waals surface area contributed by atoms with Gasteiger partial charge in [-0.1, -0.05) is 41.9 Å². The molecule has 0 spiro atoms. The number of aryl methyl sites for hydroxylation is 1. The number of likely N-dealkylation sites (tertiary alicyclic amines) is 1. The number of benzene rings is 1. The first kappa shape index (κ1) is 20.5. The topological polar surface area (TPSA) is 62.3 Å². The number of carbonyl (C=O) groups is 2. The van der Waals surface area contributed by atoms with Gasteiger partial charge in [0.25, 0.3) is 5.91 Å². The summed E-state index contributed by atoms with van der Waals surface area (Å²) in [6, 6.07) is 11.8. The standard InChI is InChI=1S/C22H26BrN3O2/c1-14(2)22(28)26-11-9-18(10-12-26)25-21(27)19-7-8-20(24-15(19)3)16-5-4-6-17(23)13-16/h4-8,13-14,18H,9-12H2,1-3H3,(H,25,27). The molecule has 2 aromatic rings. The van der Waals surface area contributed by atoms with Gasteiger partial charge < -0.3 is 10.2 Å². The highest BCUT2D eigenvalue weighted by molar-refractivity contribution is 9.10. The Hall–Kier alpha value is -2.21. The lowest BCUT2D eigenvalue weighted by atomic mass is 10.0. The van der Waals surface area contributed by atoms with Gasteiger partial charge in [-0.2, -0.15) is 0 Å². The first-order chi connectivity index (χ1) is 13.3. The van der Waals surface area contributed by atoms with E-state index in [0.717, 1.165) is 28.6 Å². The first-order valence-corrected chi connectivity index (χ1v) is 10.5. The van der Waals surface area contributed by atoms with E-state index in [1.807, 2.05) is 62.1 Å². The number of aromatic nitrogens is 1.